The van der Waals surface area contributed by atoms with Gasteiger partial charge in [-0.2, -0.15) is 4.98 Å². The fourth-order valence-electron chi connectivity index (χ4n) is 3.21. The van der Waals surface area contributed by atoms with E-state index in [4.69, 9.17) is 16.1 Å². The lowest BCUT2D eigenvalue weighted by molar-refractivity contribution is -0.132. The van der Waals surface area contributed by atoms with Gasteiger partial charge in [-0.3, -0.25) is 4.79 Å². The molecular weight excluding hydrogens is 338 g/mol. The van der Waals surface area contributed by atoms with E-state index in [2.05, 4.69) is 17.1 Å². The number of carbonyl (C=O) groups is 1. The molecule has 0 spiro atoms. The number of piperidine rings is 1. The zero-order valence-corrected chi connectivity index (χ0v) is 15.3. The average molecular weight is 362 g/mol. The molecule has 5 nitrogen and oxygen atoms in total. The molecule has 1 saturated heterocycles. The predicted molar refractivity (Wildman–Crippen MR) is 97.4 cm³/mol. The number of amides is 1. The molecule has 0 N–H and O–H groups in total. The summed E-state index contributed by atoms with van der Waals surface area (Å²) in [5.74, 6) is 1.56. The minimum absolute atomic E-state index is 0.123. The molecule has 2 heterocycles. The number of carbonyl (C=O) groups excluding carboxylic acids is 1. The largest absolute Gasteiger partial charge is 0.342 e. The van der Waals surface area contributed by atoms with E-state index in [-0.39, 0.29) is 11.8 Å². The van der Waals surface area contributed by atoms with Crippen LogP contribution in [0, 0.1) is 0 Å². The van der Waals surface area contributed by atoms with Gasteiger partial charge < -0.3 is 9.42 Å². The summed E-state index contributed by atoms with van der Waals surface area (Å²) < 4.78 is 5.48. The SMILES string of the molecule is CCCCCC(=O)N1CCC[C@@H](c2nc(-c3ccc(Cl)cc3)no2)C1. The second-order valence-corrected chi connectivity index (χ2v) is 7.04. The fraction of sp³-hybridized carbons (Fsp3) is 0.526. The molecule has 2 aromatic rings. The van der Waals surface area contributed by atoms with Crippen molar-refractivity contribution in [3.63, 3.8) is 0 Å². The van der Waals surface area contributed by atoms with E-state index in [9.17, 15) is 4.79 Å². The number of hydrogen-bond donors (Lipinski definition) is 0. The molecule has 1 aliphatic heterocycles. The number of likely N-dealkylation sites (tertiary alicyclic amines) is 1. The minimum atomic E-state index is 0.123. The van der Waals surface area contributed by atoms with E-state index < -0.39 is 0 Å². The zero-order chi connectivity index (χ0) is 17.6. The van der Waals surface area contributed by atoms with Gasteiger partial charge in [0, 0.05) is 30.1 Å². The van der Waals surface area contributed by atoms with Crippen LogP contribution in [0.2, 0.25) is 5.02 Å². The molecule has 1 aromatic heterocycles. The van der Waals surface area contributed by atoms with Gasteiger partial charge in [0.1, 0.15) is 0 Å². The van der Waals surface area contributed by atoms with Crippen LogP contribution in [0.25, 0.3) is 11.4 Å². The Morgan fingerprint density at radius 3 is 2.88 bits per heavy atom. The molecule has 0 radical (unpaired) electrons. The fourth-order valence-corrected chi connectivity index (χ4v) is 3.33. The second-order valence-electron chi connectivity index (χ2n) is 6.60. The molecule has 6 heteroatoms. The maximum Gasteiger partial charge on any atom is 0.231 e. The van der Waals surface area contributed by atoms with Crippen molar-refractivity contribution >= 4 is 17.5 Å². The Bertz CT molecular complexity index is 699. The summed E-state index contributed by atoms with van der Waals surface area (Å²) in [5, 5.41) is 4.77. The average Bonchev–Trinajstić information content (AvgIpc) is 3.13. The summed E-state index contributed by atoms with van der Waals surface area (Å²) in [5.41, 5.74) is 0.878. The van der Waals surface area contributed by atoms with Crippen LogP contribution in [0.5, 0.6) is 0 Å². The van der Waals surface area contributed by atoms with Crippen LogP contribution in [-0.2, 0) is 4.79 Å². The van der Waals surface area contributed by atoms with Gasteiger partial charge in [-0.05, 0) is 43.5 Å². The predicted octanol–water partition coefficient (Wildman–Crippen LogP) is 4.68. The minimum Gasteiger partial charge on any atom is -0.342 e. The third-order valence-electron chi connectivity index (χ3n) is 4.66. The standard InChI is InChI=1S/C19H24ClN3O2/c1-2-3-4-7-17(24)23-12-5-6-15(13-23)19-21-18(22-25-19)14-8-10-16(20)11-9-14/h8-11,15H,2-7,12-13H2,1H3/t15-/m1/s1. The first-order chi connectivity index (χ1) is 12.2. The van der Waals surface area contributed by atoms with Crippen LogP contribution in [0.4, 0.5) is 0 Å². The first-order valence-electron chi connectivity index (χ1n) is 9.04. The zero-order valence-electron chi connectivity index (χ0n) is 14.6. The van der Waals surface area contributed by atoms with Crippen molar-refractivity contribution in [3.8, 4) is 11.4 Å². The van der Waals surface area contributed by atoms with E-state index >= 15 is 0 Å². The highest BCUT2D eigenvalue weighted by molar-refractivity contribution is 6.30. The quantitative estimate of drug-likeness (QED) is 0.701. The second kappa shape index (κ2) is 8.48. The van der Waals surface area contributed by atoms with Gasteiger partial charge in [-0.25, -0.2) is 0 Å². The lowest BCUT2D eigenvalue weighted by atomic mass is 9.97. The first kappa shape index (κ1) is 17.9. The number of benzene rings is 1. The Morgan fingerprint density at radius 1 is 1.32 bits per heavy atom. The van der Waals surface area contributed by atoms with Crippen molar-refractivity contribution in [1.29, 1.82) is 0 Å². The smallest absolute Gasteiger partial charge is 0.231 e. The molecule has 1 fully saturated rings. The lowest BCUT2D eigenvalue weighted by Gasteiger charge is -2.31. The highest BCUT2D eigenvalue weighted by Gasteiger charge is 2.28. The van der Waals surface area contributed by atoms with Crippen molar-refractivity contribution in [3.05, 3.63) is 35.2 Å². The maximum atomic E-state index is 12.4. The van der Waals surface area contributed by atoms with Crippen LogP contribution in [0.1, 0.15) is 57.3 Å². The topological polar surface area (TPSA) is 59.2 Å². The molecule has 0 unspecified atom stereocenters. The van der Waals surface area contributed by atoms with E-state index in [0.717, 1.165) is 44.2 Å². The van der Waals surface area contributed by atoms with E-state index in [1.165, 1.54) is 0 Å². The van der Waals surface area contributed by atoms with Gasteiger partial charge in [0.05, 0.1) is 5.92 Å². The van der Waals surface area contributed by atoms with Crippen molar-refractivity contribution in [2.45, 2.75) is 51.4 Å². The molecule has 0 aliphatic carbocycles. The number of nitrogens with zero attached hydrogens (tertiary/aromatic N) is 3. The molecule has 134 valence electrons. The van der Waals surface area contributed by atoms with Crippen molar-refractivity contribution in [2.24, 2.45) is 0 Å². The van der Waals surface area contributed by atoms with Crippen molar-refractivity contribution < 1.29 is 9.32 Å². The number of aromatic nitrogens is 2. The summed E-state index contributed by atoms with van der Waals surface area (Å²) in [4.78, 5) is 18.9. The van der Waals surface area contributed by atoms with Gasteiger partial charge in [0.15, 0.2) is 0 Å². The summed E-state index contributed by atoms with van der Waals surface area (Å²) >= 11 is 5.92. The molecule has 1 amide bonds. The van der Waals surface area contributed by atoms with Crippen LogP contribution in [0.3, 0.4) is 0 Å². The van der Waals surface area contributed by atoms with Gasteiger partial charge in [0.25, 0.3) is 0 Å². The number of hydrogen-bond acceptors (Lipinski definition) is 4. The van der Waals surface area contributed by atoms with E-state index in [1.807, 2.05) is 29.2 Å². The Balaban J connectivity index is 1.63. The highest BCUT2D eigenvalue weighted by Crippen LogP contribution is 2.28. The number of halogens is 1. The third kappa shape index (κ3) is 4.60. The molecule has 25 heavy (non-hydrogen) atoms. The summed E-state index contributed by atoms with van der Waals surface area (Å²) in [6.07, 6.45) is 5.80. The summed E-state index contributed by atoms with van der Waals surface area (Å²) in [6, 6.07) is 7.37. The van der Waals surface area contributed by atoms with Crippen LogP contribution in [-0.4, -0.2) is 34.0 Å². The third-order valence-corrected chi connectivity index (χ3v) is 4.91. The normalized spacial score (nSPS) is 17.7. The Hall–Kier alpha value is -1.88. The molecule has 3 rings (SSSR count). The van der Waals surface area contributed by atoms with Crippen molar-refractivity contribution in [1.82, 2.24) is 15.0 Å². The molecule has 1 atom stereocenters. The molecule has 0 saturated carbocycles. The van der Waals surface area contributed by atoms with E-state index in [1.54, 1.807) is 0 Å². The Labute approximate surface area is 153 Å². The first-order valence-corrected chi connectivity index (χ1v) is 9.42. The van der Waals surface area contributed by atoms with Gasteiger partial charge in [-0.1, -0.05) is 36.5 Å². The lowest BCUT2D eigenvalue weighted by Crippen LogP contribution is -2.39. The number of rotatable bonds is 6. The summed E-state index contributed by atoms with van der Waals surface area (Å²) in [6.45, 7) is 3.65. The van der Waals surface area contributed by atoms with Crippen molar-refractivity contribution in [2.75, 3.05) is 13.1 Å². The van der Waals surface area contributed by atoms with Crippen LogP contribution >= 0.6 is 11.6 Å². The van der Waals surface area contributed by atoms with Gasteiger partial charge in [0.2, 0.25) is 17.6 Å². The maximum absolute atomic E-state index is 12.4. The van der Waals surface area contributed by atoms with E-state index in [0.29, 0.717) is 29.7 Å². The molecule has 1 aliphatic rings. The van der Waals surface area contributed by atoms with Gasteiger partial charge >= 0.3 is 0 Å². The van der Waals surface area contributed by atoms with Crippen LogP contribution in [0.15, 0.2) is 28.8 Å². The molecular formula is C19H24ClN3O2. The Morgan fingerprint density at radius 2 is 2.12 bits per heavy atom. The van der Waals surface area contributed by atoms with Gasteiger partial charge in [-0.15, -0.1) is 0 Å². The highest BCUT2D eigenvalue weighted by atomic mass is 35.5. The Kier molecular flexibility index (Phi) is 6.08. The van der Waals surface area contributed by atoms with Crippen LogP contribution < -0.4 is 0 Å². The number of unbranched alkanes of at least 4 members (excludes halogenated alkanes) is 2. The molecule has 0 bridgehead atoms. The monoisotopic (exact) mass is 361 g/mol. The molecule has 1 aromatic carbocycles. The summed E-state index contributed by atoms with van der Waals surface area (Å²) in [7, 11) is 0.